The third-order valence-electron chi connectivity index (χ3n) is 28.8. The normalized spacial score (nSPS) is 25.3. The van der Waals surface area contributed by atoms with Crippen molar-refractivity contribution in [3.05, 3.63) is 266 Å². The van der Waals surface area contributed by atoms with Crippen LogP contribution in [0.5, 0.6) is 23.5 Å². The van der Waals surface area contributed by atoms with Gasteiger partial charge in [0.1, 0.15) is 31.9 Å². The number of ether oxygens (including phenoxy) is 6. The molecule has 11 N–H and O–H groups in total. The largest absolute Gasteiger partial charge is 1.00 e. The zero-order chi connectivity index (χ0) is 102. The summed E-state index contributed by atoms with van der Waals surface area (Å²) in [4.78, 5) is 68.0. The number of nitrogens with zero attached hydrogens (tertiary/aromatic N) is 15. The Balaban J connectivity index is 0.000000142. The summed E-state index contributed by atoms with van der Waals surface area (Å²) in [6, 6.07) is 59.2. The van der Waals surface area contributed by atoms with E-state index in [1.807, 2.05) is 196 Å². The molecule has 14 aromatic rings. The Bertz CT molecular complexity index is 6220. The molecule has 0 amide bonds. The first-order valence-electron chi connectivity index (χ1n) is 51.1. The number of H-pyrrole nitrogens is 1. The number of aromatic nitrogens is 16. The molecule has 766 valence electrons. The summed E-state index contributed by atoms with van der Waals surface area (Å²) in [5, 5.41) is 45.9. The van der Waals surface area contributed by atoms with Gasteiger partial charge in [-0.2, -0.15) is 76.3 Å². The van der Waals surface area contributed by atoms with Crippen LogP contribution in [0.1, 0.15) is 200 Å². The maximum atomic E-state index is 12.9. The van der Waals surface area contributed by atoms with E-state index in [4.69, 9.17) is 45.0 Å². The minimum atomic E-state index is -0.424. The summed E-state index contributed by atoms with van der Waals surface area (Å²) >= 11 is 0. The van der Waals surface area contributed by atoms with Crippen molar-refractivity contribution in [3.63, 3.8) is 0 Å². The number of carbonyl (C=O) groups is 1. The van der Waals surface area contributed by atoms with Gasteiger partial charge < -0.3 is 89.2 Å². The second-order valence-corrected chi connectivity index (χ2v) is 38.9. The van der Waals surface area contributed by atoms with Crippen molar-refractivity contribution >= 4 is 93.0 Å². The number of nitrogen functional groups attached to an aromatic ring is 2. The zero-order valence-corrected chi connectivity index (χ0v) is 89.8. The minimum Gasteiger partial charge on any atom is -0.471 e. The predicted octanol–water partition coefficient (Wildman–Crippen LogP) is 17.5. The first-order valence-corrected chi connectivity index (χ1v) is 52.2. The van der Waals surface area contributed by atoms with Crippen LogP contribution in [0.3, 0.4) is 0 Å². The summed E-state index contributed by atoms with van der Waals surface area (Å²) in [7, 11) is 4.81. The Labute approximate surface area is 877 Å². The van der Waals surface area contributed by atoms with Gasteiger partial charge in [0.2, 0.25) is 47.3 Å². The minimum absolute atomic E-state index is 0. The standard InChI is InChI=1S/C20H26N5O2P.C20H24N5O2P.C20H25N5O2.C12H11N5O.C8H14O.C7H12O2.C7H12O.C7H10.2C5H5.Na/c2*1-3-14-12(2)9-15(17(14)26)25-11-21-16-18(25)22-20(24-28)23-19(16)27-10-13-7-5-4-6-8-13;1-3-14-12(2)9-15(17(14)26)25-11-22-16-18(25)23-20(21)24-19(16)27-10-13-7-5-4-6-8-13;13-12-16-10-9(14-7-15-10)11(17-12)18-6-8-4-2-1-3-5-8;1-3-6-5(2)4-7-8(6)9-7;1-2-4-5(8)3-6-7(4)9-6;1-2-6-4-3-5-7(6)8;1-2-7-5-3-4-6-7;2*1-2-4-5-3-1;/h4-8,11-12,14-15,17,26H,3,9-10,28H2,1-2H3,(H,22,23,24);4-8,11-12,14-15H,3,9-10,28H2,1-2H3,(H,22,23,24);4-8,11-12,14-15,17,26H,3,9-10H2,1-2H3,(H2,21,23,24);1-5,7H,6H2,(H3,13,14,15,16,17);5-8H,3-4H2,1-2H3;4-8H,2-3H2,1H3;3-4,6-8H,2,5H2,1H3;3-7H,2H2,1H3;2*1-5H;/q;;;;;;;;2*-1;+1/t12-,14+,15-,17-;12-,14+,15-;12-,14+,15-,17-;;5-,6+,7+,8-;4-,5+,6-,7+;6-,7-;;;;/m000.010..../s1. The van der Waals surface area contributed by atoms with Gasteiger partial charge in [0.25, 0.3) is 0 Å². The van der Waals surface area contributed by atoms with Crippen molar-refractivity contribution in [2.24, 2.45) is 65.1 Å². The molecule has 31 nitrogen and oxygen atoms in total. The molecule has 23 rings (SSSR count). The average Bonchev–Trinajstić information content (AvgIpc) is 1.63. The number of nitrogens with two attached hydrogens (primary N) is 2. The molecular weight excluding hydrogens is 1870 g/mol. The molecule has 0 bridgehead atoms. The molecule has 23 atom stereocenters. The number of ketones is 1. The van der Waals surface area contributed by atoms with Gasteiger partial charge in [0, 0.05) is 24.2 Å². The number of carbonyl (C=O) groups excluding carboxylic acids is 1. The van der Waals surface area contributed by atoms with Gasteiger partial charge in [0.05, 0.1) is 92.3 Å². The van der Waals surface area contributed by atoms with Gasteiger partial charge in [-0.1, -0.05) is 253 Å². The number of hydrogen-bond donors (Lipinski definition) is 9. The Hall–Kier alpha value is -11.3. The van der Waals surface area contributed by atoms with Crippen LogP contribution in [-0.2, 0) is 40.7 Å². The topological polar surface area (TPSA) is 421 Å². The second kappa shape index (κ2) is 54.9. The fourth-order valence-corrected chi connectivity index (χ4v) is 21.0. The summed E-state index contributed by atoms with van der Waals surface area (Å²) in [6.07, 6.45) is 33.8. The zero-order valence-electron chi connectivity index (χ0n) is 85.5. The first kappa shape index (κ1) is 111. The molecule has 0 spiro atoms. The molecule has 34 heteroatoms. The molecule has 8 aromatic heterocycles. The fraction of sp³-hybridized carbons (Fsp3) is 0.450. The molecule has 9 aliphatic rings. The van der Waals surface area contributed by atoms with Crippen molar-refractivity contribution < 1.29 is 83.2 Å². The average molecular weight is 2020 g/mol. The van der Waals surface area contributed by atoms with E-state index in [0.717, 1.165) is 104 Å². The molecule has 2 saturated heterocycles. The van der Waals surface area contributed by atoms with Crippen LogP contribution in [0.4, 0.5) is 23.8 Å². The van der Waals surface area contributed by atoms with Crippen molar-refractivity contribution in [1.82, 2.24) is 78.5 Å². The van der Waals surface area contributed by atoms with Crippen molar-refractivity contribution in [2.75, 3.05) is 21.6 Å². The number of anilines is 4. The van der Waals surface area contributed by atoms with E-state index in [9.17, 15) is 20.1 Å². The van der Waals surface area contributed by atoms with Gasteiger partial charge in [-0.15, -0.1) is 0 Å². The Morgan fingerprint density at radius 1 is 0.441 bits per heavy atom. The van der Waals surface area contributed by atoms with E-state index >= 15 is 0 Å². The molecular formula is C111H144N20NaO11P2-. The summed E-state index contributed by atoms with van der Waals surface area (Å²) in [5.74, 6) is 8.38. The molecule has 10 heterocycles. The van der Waals surface area contributed by atoms with Crippen molar-refractivity contribution in [3.8, 4) is 23.5 Å². The Kier molecular flexibility index (Phi) is 42.0. The van der Waals surface area contributed by atoms with Crippen LogP contribution in [0.15, 0.2) is 244 Å². The van der Waals surface area contributed by atoms with Crippen LogP contribution in [0.2, 0.25) is 0 Å². The van der Waals surface area contributed by atoms with E-state index in [2.05, 4.69) is 206 Å². The number of benzene rings is 4. The van der Waals surface area contributed by atoms with Gasteiger partial charge in [-0.05, 0) is 146 Å². The van der Waals surface area contributed by atoms with E-state index in [1.165, 1.54) is 25.6 Å². The molecule has 145 heavy (non-hydrogen) atoms. The van der Waals surface area contributed by atoms with Gasteiger partial charge >= 0.3 is 29.6 Å². The SMILES string of the molecule is CCC1C=CC=C1.CC[C@H]1C(=O)[C@@H](n2cnc3c(OCc4ccccc4)nc(NP)nc32)C[C@@H]1C.CC[C@H]1C=CC[C@@H]1O.CC[C@H]1[C@@H]2O[C@@H]2C[C@@H]1C.CC[C@H]1[C@@H]2O[C@@H]2C[C@@H]1O.CC[C@H]1[C@H](O)[C@@H](n2cnc3c(OCc4ccccc4)nc(N)nc32)C[C@@H]1C.CC[C@H]1[C@H](O)[C@@H](n2cnc3c(OCc4ccccc4)nc(NP)nc32)C[C@@H]1C.Nc1nc(OCc2ccccc2)c2[nH]cnc2n1.[Na+].c1cc[cH-]c1.c1cc[cH-]c1. The molecule has 7 aliphatic carbocycles. The maximum Gasteiger partial charge on any atom is 1.00 e. The number of imidazole rings is 4. The maximum absolute atomic E-state index is 12.9. The molecule has 7 fully saturated rings. The fourth-order valence-electron chi connectivity index (χ4n) is 20.7. The van der Waals surface area contributed by atoms with Crippen LogP contribution < -0.4 is 70.1 Å². The van der Waals surface area contributed by atoms with Crippen LogP contribution in [0, 0.1) is 65.1 Å². The molecule has 6 aromatic carbocycles. The number of fused-ring (bicyclic) bond motifs is 6. The van der Waals surface area contributed by atoms with E-state index in [0.29, 0.717) is 161 Å². The third-order valence-corrected chi connectivity index (χ3v) is 29.3. The van der Waals surface area contributed by atoms with Crippen LogP contribution >= 0.6 is 18.8 Å². The van der Waals surface area contributed by atoms with Crippen molar-refractivity contribution in [1.29, 1.82) is 0 Å². The molecule has 2 unspecified atom stereocenters. The third kappa shape index (κ3) is 29.2. The summed E-state index contributed by atoms with van der Waals surface area (Å²) < 4.78 is 39.9. The number of allylic oxidation sites excluding steroid dienone is 4. The molecule has 0 radical (unpaired) electrons. The number of Topliss-reactive ketones (excluding diaryl/α,β-unsaturated/α-hetero) is 1. The number of rotatable bonds is 24. The smallest absolute Gasteiger partial charge is 0.471 e. The van der Waals surface area contributed by atoms with Crippen LogP contribution in [-0.4, -0.2) is 154 Å². The predicted molar refractivity (Wildman–Crippen MR) is 572 cm³/mol. The number of aliphatic hydroxyl groups excluding tert-OH is 4. The summed E-state index contributed by atoms with van der Waals surface area (Å²) in [5.41, 5.74) is 20.5. The van der Waals surface area contributed by atoms with Crippen molar-refractivity contribution in [2.45, 2.75) is 253 Å². The van der Waals surface area contributed by atoms with E-state index in [1.54, 1.807) is 19.0 Å². The summed E-state index contributed by atoms with van der Waals surface area (Å²) in [6.45, 7) is 25.5. The van der Waals surface area contributed by atoms with Gasteiger partial charge in [-0.3, -0.25) is 4.79 Å². The van der Waals surface area contributed by atoms with E-state index in [-0.39, 0.29) is 95.3 Å². The number of aliphatic hydroxyl groups is 4. The van der Waals surface area contributed by atoms with E-state index < -0.39 is 12.2 Å². The number of hydrogen-bond acceptors (Lipinski definition) is 27. The quantitative estimate of drug-likeness (QED) is 0.00892. The Morgan fingerprint density at radius 3 is 1.21 bits per heavy atom. The van der Waals surface area contributed by atoms with Crippen LogP contribution in [0.25, 0.3) is 44.7 Å². The second-order valence-electron chi connectivity index (χ2n) is 38.3. The first-order chi connectivity index (χ1) is 70.1. The van der Waals surface area contributed by atoms with Gasteiger partial charge in [-0.25, -0.2) is 44.2 Å². The number of aromatic amines is 1. The monoisotopic (exact) mass is 2020 g/mol. The molecule has 5 saturated carbocycles. The van der Waals surface area contributed by atoms with Gasteiger partial charge in [0.15, 0.2) is 44.9 Å². The molecule has 2 aliphatic heterocycles. The number of epoxide rings is 2. The number of nitrogens with one attached hydrogen (secondary N) is 3. The Morgan fingerprint density at radius 2 is 0.855 bits per heavy atom.